The highest BCUT2D eigenvalue weighted by atomic mass is 32.2. The van der Waals surface area contributed by atoms with Crippen molar-refractivity contribution in [1.82, 2.24) is 4.31 Å². The van der Waals surface area contributed by atoms with Crippen LogP contribution in [0.3, 0.4) is 0 Å². The summed E-state index contributed by atoms with van der Waals surface area (Å²) in [5.74, 6) is -0.523. The van der Waals surface area contributed by atoms with Crippen molar-refractivity contribution in [2.45, 2.75) is 18.9 Å². The van der Waals surface area contributed by atoms with Crippen molar-refractivity contribution in [3.8, 4) is 0 Å². The topological polar surface area (TPSA) is 83.6 Å². The molecule has 5 nitrogen and oxygen atoms in total. The number of carbonyl (C=O) groups is 1. The summed E-state index contributed by atoms with van der Waals surface area (Å²) < 4.78 is 20.4. The molecule has 0 saturated carbocycles. The molecule has 0 radical (unpaired) electrons. The van der Waals surface area contributed by atoms with Crippen LogP contribution in [0.15, 0.2) is 0 Å². The molecule has 11 heavy (non-hydrogen) atoms. The second-order valence-electron chi connectivity index (χ2n) is 2.43. The fraction of sp³-hybridized carbons (Fsp3) is 0.800. The van der Waals surface area contributed by atoms with Gasteiger partial charge in [0.1, 0.15) is 6.04 Å². The van der Waals surface area contributed by atoms with E-state index in [0.29, 0.717) is 13.0 Å². The maximum atomic E-state index is 10.7. The first-order chi connectivity index (χ1) is 5.13. The summed E-state index contributed by atoms with van der Waals surface area (Å²) in [6.07, 6.45) is 1.33. The fourth-order valence-electron chi connectivity index (χ4n) is 1.21. The Morgan fingerprint density at radius 3 is 2.73 bits per heavy atom. The first-order valence-electron chi connectivity index (χ1n) is 3.30. The molecule has 1 fully saturated rings. The Bertz CT molecular complexity index is 176. The summed E-state index contributed by atoms with van der Waals surface area (Å²) in [4.78, 5) is 10.7. The molecule has 0 bridgehead atoms. The predicted octanol–water partition coefficient (Wildman–Crippen LogP) is -0.927. The molecule has 64 valence electrons. The molecule has 0 aromatic rings. The maximum Gasteiger partial charge on any atom is 0.235 e. The normalized spacial score (nSPS) is 28.6. The van der Waals surface area contributed by atoms with Crippen LogP contribution >= 0.6 is 0 Å². The first-order valence-corrected chi connectivity index (χ1v) is 4.36. The van der Waals surface area contributed by atoms with Gasteiger partial charge in [0.05, 0.1) is 0 Å². The van der Waals surface area contributed by atoms with E-state index in [1.165, 1.54) is 4.31 Å². The summed E-state index contributed by atoms with van der Waals surface area (Å²) in [7, 11) is 0. The zero-order chi connectivity index (χ0) is 8.43. The summed E-state index contributed by atoms with van der Waals surface area (Å²) in [6, 6.07) is -0.555. The molecular formula is C5H10N2O3S. The number of hydrogen-bond acceptors (Lipinski definition) is 2. The van der Waals surface area contributed by atoms with Gasteiger partial charge >= 0.3 is 0 Å². The van der Waals surface area contributed by atoms with E-state index in [1.807, 2.05) is 0 Å². The summed E-state index contributed by atoms with van der Waals surface area (Å²) in [6.45, 7) is 0.469. The molecule has 1 aliphatic rings. The molecule has 1 saturated heterocycles. The highest BCUT2D eigenvalue weighted by Crippen LogP contribution is 2.17. The number of amides is 1. The van der Waals surface area contributed by atoms with Gasteiger partial charge < -0.3 is 5.73 Å². The van der Waals surface area contributed by atoms with Gasteiger partial charge in [0.25, 0.3) is 0 Å². The Labute approximate surface area is 67.0 Å². The predicted molar refractivity (Wildman–Crippen MR) is 39.7 cm³/mol. The molecule has 2 unspecified atom stereocenters. The third-order valence-electron chi connectivity index (χ3n) is 1.73. The molecule has 0 spiro atoms. The van der Waals surface area contributed by atoms with E-state index in [4.69, 9.17) is 10.3 Å². The lowest BCUT2D eigenvalue weighted by Crippen LogP contribution is -2.40. The number of primary amides is 1. The van der Waals surface area contributed by atoms with Crippen LogP contribution < -0.4 is 5.73 Å². The molecule has 0 aliphatic carbocycles. The number of nitrogens with two attached hydrogens (primary N) is 1. The van der Waals surface area contributed by atoms with Crippen LogP contribution in [0.25, 0.3) is 0 Å². The minimum Gasteiger partial charge on any atom is -0.368 e. The molecular weight excluding hydrogens is 168 g/mol. The van der Waals surface area contributed by atoms with E-state index >= 15 is 0 Å². The number of nitrogens with zero attached hydrogens (tertiary/aromatic N) is 1. The minimum atomic E-state index is -2.06. The van der Waals surface area contributed by atoms with Crippen LogP contribution in [0, 0.1) is 0 Å². The Hall–Kier alpha value is -0.460. The summed E-state index contributed by atoms with van der Waals surface area (Å²) in [5.41, 5.74) is 5.00. The van der Waals surface area contributed by atoms with E-state index < -0.39 is 23.2 Å². The Morgan fingerprint density at radius 1 is 1.73 bits per heavy atom. The van der Waals surface area contributed by atoms with Crippen molar-refractivity contribution in [3.63, 3.8) is 0 Å². The molecule has 1 rings (SSSR count). The Balaban J connectivity index is 2.65. The quantitative estimate of drug-likeness (QED) is 0.536. The van der Waals surface area contributed by atoms with E-state index in [-0.39, 0.29) is 0 Å². The van der Waals surface area contributed by atoms with Crippen molar-refractivity contribution in [2.24, 2.45) is 5.73 Å². The van der Waals surface area contributed by atoms with E-state index in [1.54, 1.807) is 0 Å². The molecule has 3 N–H and O–H groups in total. The maximum absolute atomic E-state index is 10.7. The average molecular weight is 178 g/mol. The zero-order valence-corrected chi connectivity index (χ0v) is 6.71. The SMILES string of the molecule is NC(=O)C1CCCN1S(=O)O. The molecule has 1 aliphatic heterocycles. The third-order valence-corrected chi connectivity index (χ3v) is 2.57. The standard InChI is InChI=1S/C5H10N2O3S/c6-5(8)4-2-1-3-7(4)11(9)10/h4H,1-3H2,(H2,6,8)(H,9,10). The van der Waals surface area contributed by atoms with Crippen LogP contribution in [0.4, 0.5) is 0 Å². The van der Waals surface area contributed by atoms with Crippen molar-refractivity contribution in [1.29, 1.82) is 0 Å². The Morgan fingerprint density at radius 2 is 2.36 bits per heavy atom. The van der Waals surface area contributed by atoms with Gasteiger partial charge in [-0.15, -0.1) is 0 Å². The average Bonchev–Trinajstić information content (AvgIpc) is 2.32. The second kappa shape index (κ2) is 3.29. The Kier molecular flexibility index (Phi) is 2.58. The molecule has 1 amide bonds. The lowest BCUT2D eigenvalue weighted by Gasteiger charge is -2.15. The van der Waals surface area contributed by atoms with Gasteiger partial charge in [0.15, 0.2) is 0 Å². The van der Waals surface area contributed by atoms with Gasteiger partial charge in [0, 0.05) is 6.54 Å². The lowest BCUT2D eigenvalue weighted by molar-refractivity contribution is -0.121. The van der Waals surface area contributed by atoms with E-state index in [9.17, 15) is 9.00 Å². The number of hydrogen-bond donors (Lipinski definition) is 2. The molecule has 0 aromatic carbocycles. The summed E-state index contributed by atoms with van der Waals surface area (Å²) >= 11 is -2.06. The summed E-state index contributed by atoms with van der Waals surface area (Å²) in [5, 5.41) is 0. The van der Waals surface area contributed by atoms with Gasteiger partial charge in [-0.05, 0) is 12.8 Å². The largest absolute Gasteiger partial charge is 0.368 e. The second-order valence-corrected chi connectivity index (χ2v) is 3.36. The fourth-order valence-corrected chi connectivity index (χ4v) is 1.92. The monoisotopic (exact) mass is 178 g/mol. The number of rotatable bonds is 2. The van der Waals surface area contributed by atoms with Crippen LogP contribution in [0.2, 0.25) is 0 Å². The highest BCUT2D eigenvalue weighted by molar-refractivity contribution is 7.76. The van der Waals surface area contributed by atoms with Crippen LogP contribution in [-0.2, 0) is 16.1 Å². The van der Waals surface area contributed by atoms with Gasteiger partial charge in [-0.3, -0.25) is 9.35 Å². The number of carbonyl (C=O) groups excluding carboxylic acids is 1. The molecule has 0 aromatic heterocycles. The molecule has 1 heterocycles. The van der Waals surface area contributed by atoms with Crippen molar-refractivity contribution in [2.75, 3.05) is 6.54 Å². The van der Waals surface area contributed by atoms with Crippen molar-refractivity contribution < 1.29 is 13.6 Å². The van der Waals surface area contributed by atoms with Gasteiger partial charge in [-0.25, -0.2) is 4.21 Å². The first kappa shape index (κ1) is 8.63. The van der Waals surface area contributed by atoms with Gasteiger partial charge in [-0.2, -0.15) is 4.31 Å². The van der Waals surface area contributed by atoms with Crippen molar-refractivity contribution in [3.05, 3.63) is 0 Å². The minimum absolute atomic E-state index is 0.469. The van der Waals surface area contributed by atoms with Crippen molar-refractivity contribution >= 4 is 17.2 Å². The zero-order valence-electron chi connectivity index (χ0n) is 5.90. The van der Waals surface area contributed by atoms with Gasteiger partial charge in [0.2, 0.25) is 17.2 Å². The van der Waals surface area contributed by atoms with E-state index in [0.717, 1.165) is 6.42 Å². The molecule has 6 heteroatoms. The molecule has 2 atom stereocenters. The van der Waals surface area contributed by atoms with Crippen LogP contribution in [0.5, 0.6) is 0 Å². The van der Waals surface area contributed by atoms with Gasteiger partial charge in [-0.1, -0.05) is 0 Å². The van der Waals surface area contributed by atoms with E-state index in [2.05, 4.69) is 0 Å². The third kappa shape index (κ3) is 1.76. The lowest BCUT2D eigenvalue weighted by atomic mass is 10.2. The van der Waals surface area contributed by atoms with Crippen LogP contribution in [-0.4, -0.2) is 31.6 Å². The smallest absolute Gasteiger partial charge is 0.235 e. The highest BCUT2D eigenvalue weighted by Gasteiger charge is 2.32. The van der Waals surface area contributed by atoms with Crippen LogP contribution in [0.1, 0.15) is 12.8 Å².